The molecule has 0 amide bonds. The van der Waals surface area contributed by atoms with Gasteiger partial charge in [-0.1, -0.05) is 268 Å². The summed E-state index contributed by atoms with van der Waals surface area (Å²) in [7, 11) is -9.82. The molecule has 0 saturated heterocycles. The van der Waals surface area contributed by atoms with Crippen LogP contribution in [0.4, 0.5) is 0 Å². The summed E-state index contributed by atoms with van der Waals surface area (Å²) >= 11 is 0. The number of phosphoric ester groups is 2. The van der Waals surface area contributed by atoms with Crippen LogP contribution in [0, 0.1) is 0 Å². The number of phosphoric acid groups is 2. The minimum Gasteiger partial charge on any atom is -0.463 e. The van der Waals surface area contributed by atoms with Crippen molar-refractivity contribution in [3.63, 3.8) is 0 Å². The fourth-order valence-electron chi connectivity index (χ4n) is 8.99. The Labute approximate surface area is 586 Å². The highest BCUT2D eigenvalue weighted by Crippen LogP contribution is 2.45. The molecule has 0 heterocycles. The number of hydrogen-bond donors (Lipinski definition) is 4. The van der Waals surface area contributed by atoms with Crippen molar-refractivity contribution in [1.29, 1.82) is 0 Å². The van der Waals surface area contributed by atoms with Gasteiger partial charge in [0, 0.05) is 19.3 Å². The Morgan fingerprint density at radius 1 is 0.289 bits per heavy atom. The summed E-state index contributed by atoms with van der Waals surface area (Å²) in [6, 6.07) is 0. The summed E-state index contributed by atoms with van der Waals surface area (Å²) in [6.45, 7) is 2.21. The third kappa shape index (κ3) is 72.0. The van der Waals surface area contributed by atoms with E-state index in [2.05, 4.69) is 173 Å². The second kappa shape index (κ2) is 70.8. The molecule has 97 heavy (non-hydrogen) atoms. The number of hydrogen-bond acceptors (Lipinski definition) is 14. The Balaban J connectivity index is 4.70. The number of carbonyl (C=O) groups is 3. The molecule has 550 valence electrons. The molecule has 0 saturated carbocycles. The first-order valence-electron chi connectivity index (χ1n) is 36.4. The lowest BCUT2D eigenvalue weighted by Crippen LogP contribution is -2.30. The second-order valence-electron chi connectivity index (χ2n) is 23.6. The van der Waals surface area contributed by atoms with Gasteiger partial charge in [-0.25, -0.2) is 9.13 Å². The Kier molecular flexibility index (Phi) is 67.0. The fraction of sp³-hybridized carbons (Fsp3) is 0.608. The highest BCUT2D eigenvalue weighted by atomic mass is 31.2. The highest BCUT2D eigenvalue weighted by molar-refractivity contribution is 7.47. The maximum Gasteiger partial charge on any atom is 0.472 e. The van der Waals surface area contributed by atoms with Crippen LogP contribution in [0.1, 0.15) is 252 Å². The molecule has 0 radical (unpaired) electrons. The number of aliphatic hydroxyl groups is 2. The van der Waals surface area contributed by atoms with Gasteiger partial charge in [-0.2, -0.15) is 0 Å². The molecular formula is C79H128O16P2. The smallest absolute Gasteiger partial charge is 0.463 e. The van der Waals surface area contributed by atoms with E-state index < -0.39 is 91.5 Å². The number of ether oxygens (including phenoxy) is 3. The van der Waals surface area contributed by atoms with Gasteiger partial charge in [-0.3, -0.25) is 32.5 Å². The Hall–Kier alpha value is -5.09. The van der Waals surface area contributed by atoms with Crippen molar-refractivity contribution in [2.24, 2.45) is 0 Å². The van der Waals surface area contributed by atoms with Crippen molar-refractivity contribution >= 4 is 33.6 Å². The van der Waals surface area contributed by atoms with Gasteiger partial charge < -0.3 is 34.2 Å². The molecule has 0 aliphatic heterocycles. The van der Waals surface area contributed by atoms with Gasteiger partial charge >= 0.3 is 33.6 Å². The lowest BCUT2D eigenvalue weighted by molar-refractivity contribution is -0.161. The Bertz CT molecular complexity index is 2440. The van der Waals surface area contributed by atoms with E-state index in [0.29, 0.717) is 25.7 Å². The van der Waals surface area contributed by atoms with E-state index in [1.165, 1.54) is 25.7 Å². The third-order valence-corrected chi connectivity index (χ3v) is 16.3. The van der Waals surface area contributed by atoms with Crippen LogP contribution in [-0.2, 0) is 55.8 Å². The normalized spacial score (nSPS) is 15.1. The monoisotopic (exact) mass is 1390 g/mol. The molecule has 5 atom stereocenters. The van der Waals surface area contributed by atoms with E-state index in [1.807, 2.05) is 18.2 Å². The first kappa shape index (κ1) is 91.9. The van der Waals surface area contributed by atoms with Crippen molar-refractivity contribution in [1.82, 2.24) is 0 Å². The molecule has 0 aromatic heterocycles. The van der Waals surface area contributed by atoms with Crippen molar-refractivity contribution in [2.45, 2.75) is 270 Å². The van der Waals surface area contributed by atoms with Crippen molar-refractivity contribution in [3.05, 3.63) is 170 Å². The van der Waals surface area contributed by atoms with Crippen molar-refractivity contribution in [2.75, 3.05) is 39.6 Å². The second-order valence-corrected chi connectivity index (χ2v) is 26.5. The number of aliphatic hydroxyl groups excluding tert-OH is 2. The molecule has 18 heteroatoms. The first-order chi connectivity index (χ1) is 47.2. The van der Waals surface area contributed by atoms with Crippen LogP contribution < -0.4 is 0 Å². The summed E-state index contributed by atoms with van der Waals surface area (Å²) in [5.41, 5.74) is 0. The summed E-state index contributed by atoms with van der Waals surface area (Å²) in [5, 5.41) is 20.6. The van der Waals surface area contributed by atoms with Gasteiger partial charge in [-0.15, -0.1) is 0 Å². The maximum atomic E-state index is 12.9. The predicted molar refractivity (Wildman–Crippen MR) is 398 cm³/mol. The largest absolute Gasteiger partial charge is 0.472 e. The fourth-order valence-corrected chi connectivity index (χ4v) is 10.6. The number of allylic oxidation sites excluding steroid dienone is 28. The zero-order chi connectivity index (χ0) is 70.9. The van der Waals surface area contributed by atoms with E-state index in [4.69, 9.17) is 32.3 Å². The third-order valence-electron chi connectivity index (χ3n) is 14.4. The van der Waals surface area contributed by atoms with Crippen LogP contribution in [-0.4, -0.2) is 95.9 Å². The molecule has 0 bridgehead atoms. The molecule has 4 N–H and O–H groups in total. The van der Waals surface area contributed by atoms with Gasteiger partial charge in [0.15, 0.2) is 6.10 Å². The maximum absolute atomic E-state index is 12.9. The molecule has 0 aromatic carbocycles. The molecule has 0 rings (SSSR count). The minimum atomic E-state index is -4.95. The summed E-state index contributed by atoms with van der Waals surface area (Å²) in [6.07, 6.45) is 88.4. The van der Waals surface area contributed by atoms with Gasteiger partial charge in [-0.05, 0) is 135 Å². The van der Waals surface area contributed by atoms with Gasteiger partial charge in [0.05, 0.1) is 26.4 Å². The summed E-state index contributed by atoms with van der Waals surface area (Å²) in [4.78, 5) is 58.5. The average molecular weight is 1400 g/mol. The number of carbonyl (C=O) groups excluding carboxylic acids is 3. The number of rotatable bonds is 67. The lowest BCUT2D eigenvalue weighted by atomic mass is 10.1. The average Bonchev–Trinajstić information content (AvgIpc) is 2.14. The molecule has 0 aliphatic carbocycles. The molecule has 5 unspecified atom stereocenters. The first-order valence-corrected chi connectivity index (χ1v) is 39.4. The van der Waals surface area contributed by atoms with Crippen molar-refractivity contribution in [3.8, 4) is 0 Å². The zero-order valence-corrected chi connectivity index (χ0v) is 61.5. The summed E-state index contributed by atoms with van der Waals surface area (Å²) in [5.74, 6) is -1.70. The molecule has 0 spiro atoms. The zero-order valence-electron chi connectivity index (χ0n) is 59.7. The van der Waals surface area contributed by atoms with Gasteiger partial charge in [0.2, 0.25) is 0 Å². The van der Waals surface area contributed by atoms with Crippen LogP contribution >= 0.6 is 15.6 Å². The molecule has 0 fully saturated rings. The standard InChI is InChI=1S/C79H128O16P2/c1-4-7-10-13-16-19-22-25-28-31-33-34-35-36-37-38-40-43-44-47-50-53-56-59-62-65-77(82)89-68-74(80)69-91-96(85,86)92-70-75(81)71-93-97(87,88)94-73-76(95-79(84)67-64-61-58-55-52-49-46-41-30-27-24-21-18-15-12-9-6-3)72-90-78(83)66-63-60-57-54-51-48-45-42-39-32-29-26-23-20-17-14-11-8-5-2/h7-12,16-21,25-30,33-34,36-37,39,42,48,51,57,60,74-76,80-81H,4-6,13-15,22-24,31-32,35,38,40-41,43-47,49-50,52-56,58-59,61-73H2,1-3H3,(H,85,86)(H,87,88)/b10-7-,11-8-,12-9-,19-16-,20-17-,21-18-,28-25-,29-26-,30-27-,34-33-,37-36-,42-39-,51-48-,60-57-. The van der Waals surface area contributed by atoms with E-state index >= 15 is 0 Å². The predicted octanol–water partition coefficient (Wildman–Crippen LogP) is 20.9. The summed E-state index contributed by atoms with van der Waals surface area (Å²) < 4.78 is 60.9. The van der Waals surface area contributed by atoms with Crippen molar-refractivity contribution < 1.29 is 75.8 Å². The molecular weight excluding hydrogens is 1270 g/mol. The van der Waals surface area contributed by atoms with Gasteiger partial charge in [0.1, 0.15) is 25.4 Å². The topological polar surface area (TPSA) is 231 Å². The Morgan fingerprint density at radius 3 is 0.876 bits per heavy atom. The van der Waals surface area contributed by atoms with Crippen LogP contribution in [0.5, 0.6) is 0 Å². The number of unbranched alkanes of at least 4 members (excludes halogenated alkanes) is 16. The molecule has 0 aliphatic rings. The van der Waals surface area contributed by atoms with E-state index in [-0.39, 0.29) is 19.3 Å². The Morgan fingerprint density at radius 2 is 0.536 bits per heavy atom. The van der Waals surface area contributed by atoms with E-state index in [0.717, 1.165) is 161 Å². The SMILES string of the molecule is CC/C=C\C/C=C\C/C=C\C/C=C\C/C=C\C/C=C\CCC(=O)OCC(COP(=O)(O)OCC(O)COP(=O)(O)OCC(O)COC(=O)CCCCCCCCCCC/C=C\C/C=C\C/C=C\C/C=C\C/C=C\CC)OC(=O)CCCCCCCCC/C=C\C/C=C\C/C=C\CC. The van der Waals surface area contributed by atoms with E-state index in [1.54, 1.807) is 0 Å². The van der Waals surface area contributed by atoms with Crippen LogP contribution in [0.15, 0.2) is 170 Å². The van der Waals surface area contributed by atoms with Crippen LogP contribution in [0.25, 0.3) is 0 Å². The quantitative estimate of drug-likeness (QED) is 0.0146. The van der Waals surface area contributed by atoms with Crippen LogP contribution in [0.3, 0.4) is 0 Å². The van der Waals surface area contributed by atoms with Gasteiger partial charge in [0.25, 0.3) is 0 Å². The lowest BCUT2D eigenvalue weighted by Gasteiger charge is -2.21. The molecule has 0 aromatic rings. The van der Waals surface area contributed by atoms with Crippen LogP contribution in [0.2, 0.25) is 0 Å². The number of esters is 3. The van der Waals surface area contributed by atoms with E-state index in [9.17, 15) is 43.5 Å². The minimum absolute atomic E-state index is 0.0367. The molecule has 16 nitrogen and oxygen atoms in total. The highest BCUT2D eigenvalue weighted by Gasteiger charge is 2.29.